The zero-order valence-corrected chi connectivity index (χ0v) is 20.1. The summed E-state index contributed by atoms with van der Waals surface area (Å²) in [5, 5.41) is 5.61. The average molecular weight is 492 g/mol. The van der Waals surface area contributed by atoms with Crippen molar-refractivity contribution in [2.24, 2.45) is 0 Å². The molecule has 0 radical (unpaired) electrons. The topological polar surface area (TPSA) is 122 Å². The summed E-state index contributed by atoms with van der Waals surface area (Å²) in [5.41, 5.74) is 0.718. The molecule has 36 heavy (non-hydrogen) atoms. The minimum atomic E-state index is -1.14. The van der Waals surface area contributed by atoms with Gasteiger partial charge in [-0.1, -0.05) is 31.4 Å². The van der Waals surface area contributed by atoms with Crippen LogP contribution in [0.25, 0.3) is 0 Å². The molecule has 1 aliphatic carbocycles. The predicted octanol–water partition coefficient (Wildman–Crippen LogP) is 4.03. The molecule has 1 aromatic carbocycles. The molecule has 2 aromatic heterocycles. The molecule has 4 rings (SSSR count). The van der Waals surface area contributed by atoms with Gasteiger partial charge in [0, 0.05) is 17.3 Å². The van der Waals surface area contributed by atoms with Gasteiger partial charge in [0.1, 0.15) is 5.76 Å². The number of furan rings is 2. The fourth-order valence-corrected chi connectivity index (χ4v) is 4.40. The number of benzene rings is 1. The smallest absolute Gasteiger partial charge is 0.287 e. The van der Waals surface area contributed by atoms with Crippen LogP contribution in [0.2, 0.25) is 0 Å². The highest BCUT2D eigenvalue weighted by Gasteiger charge is 2.36. The van der Waals surface area contributed by atoms with Gasteiger partial charge in [0.25, 0.3) is 11.8 Å². The van der Waals surface area contributed by atoms with Gasteiger partial charge in [-0.25, -0.2) is 0 Å². The number of hydrogen-bond donors (Lipinski definition) is 2. The van der Waals surface area contributed by atoms with Crippen molar-refractivity contribution in [2.45, 2.75) is 51.1 Å². The zero-order chi connectivity index (χ0) is 25.5. The molecular formula is C27H29N3O6. The maximum absolute atomic E-state index is 13.6. The number of hydrogen-bond acceptors (Lipinski definition) is 6. The van der Waals surface area contributed by atoms with Gasteiger partial charge >= 0.3 is 0 Å². The van der Waals surface area contributed by atoms with Crippen molar-refractivity contribution in [3.63, 3.8) is 0 Å². The van der Waals surface area contributed by atoms with Crippen molar-refractivity contribution in [1.29, 1.82) is 0 Å². The van der Waals surface area contributed by atoms with Gasteiger partial charge in [0.2, 0.25) is 5.91 Å². The van der Waals surface area contributed by atoms with E-state index in [2.05, 4.69) is 10.6 Å². The van der Waals surface area contributed by atoms with E-state index in [1.54, 1.807) is 42.5 Å². The third-order valence-electron chi connectivity index (χ3n) is 6.22. The van der Waals surface area contributed by atoms with Crippen LogP contribution < -0.4 is 15.5 Å². The Bertz CT molecular complexity index is 1200. The van der Waals surface area contributed by atoms with E-state index in [1.807, 2.05) is 0 Å². The Morgan fingerprint density at radius 3 is 2.39 bits per heavy atom. The summed E-state index contributed by atoms with van der Waals surface area (Å²) in [6.45, 7) is 1.02. The summed E-state index contributed by atoms with van der Waals surface area (Å²) in [5.74, 6) is -1.37. The van der Waals surface area contributed by atoms with Gasteiger partial charge in [-0.05, 0) is 56.2 Å². The van der Waals surface area contributed by atoms with E-state index in [9.17, 15) is 19.2 Å². The molecule has 1 unspecified atom stereocenters. The first-order chi connectivity index (χ1) is 17.4. The van der Waals surface area contributed by atoms with Crippen molar-refractivity contribution in [1.82, 2.24) is 10.6 Å². The molecule has 188 valence electrons. The monoisotopic (exact) mass is 491 g/mol. The Balaban J connectivity index is 1.67. The lowest BCUT2D eigenvalue weighted by Crippen LogP contribution is -2.49. The van der Waals surface area contributed by atoms with Crippen LogP contribution in [0.1, 0.15) is 71.7 Å². The molecular weight excluding hydrogens is 462 g/mol. The van der Waals surface area contributed by atoms with E-state index in [0.717, 1.165) is 32.1 Å². The highest BCUT2D eigenvalue weighted by Crippen LogP contribution is 2.30. The molecule has 1 aliphatic rings. The van der Waals surface area contributed by atoms with Crippen LogP contribution in [-0.4, -0.2) is 36.1 Å². The molecule has 0 aliphatic heterocycles. The van der Waals surface area contributed by atoms with E-state index in [1.165, 1.54) is 30.4 Å². The van der Waals surface area contributed by atoms with E-state index in [4.69, 9.17) is 8.83 Å². The third kappa shape index (κ3) is 5.91. The number of nitrogens with zero attached hydrogens (tertiary/aromatic N) is 1. The molecule has 0 bridgehead atoms. The van der Waals surface area contributed by atoms with E-state index in [0.29, 0.717) is 11.3 Å². The van der Waals surface area contributed by atoms with E-state index < -0.39 is 30.3 Å². The average Bonchev–Trinajstić information content (AvgIpc) is 3.61. The fourth-order valence-electron chi connectivity index (χ4n) is 4.40. The molecule has 1 fully saturated rings. The quantitative estimate of drug-likeness (QED) is 0.436. The summed E-state index contributed by atoms with van der Waals surface area (Å²) in [7, 11) is 0. The second kappa shape index (κ2) is 11.5. The summed E-state index contributed by atoms with van der Waals surface area (Å²) < 4.78 is 10.7. The molecule has 0 spiro atoms. The highest BCUT2D eigenvalue weighted by atomic mass is 16.3. The Labute approximate surface area is 208 Å². The normalized spacial score (nSPS) is 14.6. The van der Waals surface area contributed by atoms with Gasteiger partial charge in [-0.3, -0.25) is 24.1 Å². The number of anilines is 1. The Hall–Kier alpha value is -4.14. The van der Waals surface area contributed by atoms with Crippen LogP contribution in [0, 0.1) is 0 Å². The molecule has 1 saturated carbocycles. The fraction of sp³-hybridized carbons (Fsp3) is 0.333. The lowest BCUT2D eigenvalue weighted by molar-refractivity contribution is -0.127. The lowest BCUT2D eigenvalue weighted by atomic mass is 9.95. The summed E-state index contributed by atoms with van der Waals surface area (Å²) in [6.07, 6.45) is 7.71. The SMILES string of the molecule is CC(=O)c1cccc(N(C(=O)CNC(=O)c2ccco2)C(C(=O)NC2CCCCC2)c2ccco2)c1. The van der Waals surface area contributed by atoms with Crippen LogP contribution in [0.5, 0.6) is 0 Å². The molecule has 9 nitrogen and oxygen atoms in total. The van der Waals surface area contributed by atoms with E-state index in [-0.39, 0.29) is 23.3 Å². The number of Topliss-reactive ketones (excluding diaryl/α,β-unsaturated/α-hetero) is 1. The predicted molar refractivity (Wildman–Crippen MR) is 131 cm³/mol. The number of carbonyl (C=O) groups excluding carboxylic acids is 4. The molecule has 2 heterocycles. The molecule has 2 N–H and O–H groups in total. The minimum Gasteiger partial charge on any atom is -0.467 e. The first kappa shape index (κ1) is 25.0. The van der Waals surface area contributed by atoms with Gasteiger partial charge in [0.15, 0.2) is 17.6 Å². The van der Waals surface area contributed by atoms with Crippen molar-refractivity contribution in [3.8, 4) is 0 Å². The summed E-state index contributed by atoms with van der Waals surface area (Å²) >= 11 is 0. The second-order valence-electron chi connectivity index (χ2n) is 8.79. The Morgan fingerprint density at radius 2 is 1.72 bits per heavy atom. The van der Waals surface area contributed by atoms with Crippen molar-refractivity contribution in [2.75, 3.05) is 11.4 Å². The Kier molecular flexibility index (Phi) is 7.99. The van der Waals surface area contributed by atoms with Crippen molar-refractivity contribution >= 4 is 29.2 Å². The largest absolute Gasteiger partial charge is 0.467 e. The molecule has 9 heteroatoms. The number of rotatable bonds is 9. The van der Waals surface area contributed by atoms with Gasteiger partial charge in [-0.15, -0.1) is 0 Å². The summed E-state index contributed by atoms with van der Waals surface area (Å²) in [6, 6.07) is 11.7. The maximum atomic E-state index is 13.6. The number of carbonyl (C=O) groups is 4. The van der Waals surface area contributed by atoms with Gasteiger partial charge < -0.3 is 19.5 Å². The standard InChI is InChI=1S/C27H29N3O6/c1-18(31)19-8-5-11-21(16-19)30(24(32)17-28-26(33)23-13-7-15-36-23)25(22-12-6-14-35-22)27(34)29-20-9-3-2-4-10-20/h5-8,11-16,20,25H,2-4,9-10,17H2,1H3,(H,28,33)(H,29,34). The maximum Gasteiger partial charge on any atom is 0.287 e. The van der Waals surface area contributed by atoms with Crippen LogP contribution in [0.3, 0.4) is 0 Å². The van der Waals surface area contributed by atoms with Crippen LogP contribution >= 0.6 is 0 Å². The van der Waals surface area contributed by atoms with Crippen LogP contribution in [0.4, 0.5) is 5.69 Å². The lowest BCUT2D eigenvalue weighted by Gasteiger charge is -2.32. The first-order valence-corrected chi connectivity index (χ1v) is 12.0. The van der Waals surface area contributed by atoms with Crippen LogP contribution in [0.15, 0.2) is 69.9 Å². The highest BCUT2D eigenvalue weighted by molar-refractivity contribution is 6.05. The van der Waals surface area contributed by atoms with Gasteiger partial charge in [-0.2, -0.15) is 0 Å². The molecule has 3 amide bonds. The zero-order valence-electron chi connectivity index (χ0n) is 20.1. The number of nitrogens with one attached hydrogen (secondary N) is 2. The molecule has 1 atom stereocenters. The first-order valence-electron chi connectivity index (χ1n) is 12.0. The minimum absolute atomic E-state index is 0.00266. The van der Waals surface area contributed by atoms with Gasteiger partial charge in [0.05, 0.1) is 19.1 Å². The molecule has 0 saturated heterocycles. The van der Waals surface area contributed by atoms with E-state index >= 15 is 0 Å². The van der Waals surface area contributed by atoms with Crippen molar-refractivity contribution < 1.29 is 28.0 Å². The number of amides is 3. The molecule has 3 aromatic rings. The number of ketones is 1. The van der Waals surface area contributed by atoms with Crippen LogP contribution in [-0.2, 0) is 9.59 Å². The van der Waals surface area contributed by atoms with Crippen molar-refractivity contribution in [3.05, 3.63) is 78.1 Å². The Morgan fingerprint density at radius 1 is 0.972 bits per heavy atom. The third-order valence-corrected chi connectivity index (χ3v) is 6.22. The summed E-state index contributed by atoms with van der Waals surface area (Å²) in [4.78, 5) is 53.0. The second-order valence-corrected chi connectivity index (χ2v) is 8.79.